The van der Waals surface area contributed by atoms with Crippen LogP contribution in [0.25, 0.3) is 0 Å². The first-order chi connectivity index (χ1) is 34.9. The van der Waals surface area contributed by atoms with Crippen molar-refractivity contribution in [3.05, 3.63) is 97.2 Å². The fourth-order valence-electron chi connectivity index (χ4n) is 7.75. The van der Waals surface area contributed by atoms with E-state index in [0.29, 0.717) is 23.9 Å². The van der Waals surface area contributed by atoms with Crippen LogP contribution < -0.4 is 5.32 Å². The number of ether oxygens (including phenoxy) is 1. The topological polar surface area (TPSA) is 111 Å². The average molecular weight is 1030 g/mol. The third-order valence-corrected chi connectivity index (χ3v) is 13.2. The maximum atomic E-state index is 13.5. The van der Waals surface area contributed by atoms with Gasteiger partial charge in [0.2, 0.25) is 5.91 Å². The number of nitrogens with zero attached hydrogens (tertiary/aromatic N) is 1. The van der Waals surface area contributed by atoms with Gasteiger partial charge < -0.3 is 19.4 Å². The molecule has 0 saturated carbocycles. The molecular formula is C62H110N2O7P+. The van der Waals surface area contributed by atoms with Crippen LogP contribution >= 0.6 is 7.82 Å². The average Bonchev–Trinajstić information content (AvgIpc) is 3.34. The molecule has 3 unspecified atom stereocenters. The Labute approximate surface area is 443 Å². The summed E-state index contributed by atoms with van der Waals surface area (Å²) < 4.78 is 30.6. The Hall–Kier alpha value is -3.07. The van der Waals surface area contributed by atoms with Crippen LogP contribution in [-0.2, 0) is 27.9 Å². The second-order valence-electron chi connectivity index (χ2n) is 20.4. The maximum absolute atomic E-state index is 13.5. The van der Waals surface area contributed by atoms with E-state index in [-0.39, 0.29) is 31.5 Å². The molecule has 0 aromatic carbocycles. The van der Waals surface area contributed by atoms with E-state index in [1.807, 2.05) is 33.3 Å². The summed E-state index contributed by atoms with van der Waals surface area (Å²) in [7, 11) is 1.46. The molecule has 0 radical (unpaired) electrons. The molecule has 0 aliphatic carbocycles. The van der Waals surface area contributed by atoms with Crippen LogP contribution in [0.15, 0.2) is 97.2 Å². The molecule has 0 spiro atoms. The zero-order valence-corrected chi connectivity index (χ0v) is 48.0. The Kier molecular flexibility index (Phi) is 49.2. The van der Waals surface area contributed by atoms with Crippen molar-refractivity contribution in [1.82, 2.24) is 5.32 Å². The van der Waals surface area contributed by atoms with Crippen LogP contribution in [0.5, 0.6) is 0 Å². The lowest BCUT2D eigenvalue weighted by Gasteiger charge is -2.27. The van der Waals surface area contributed by atoms with Gasteiger partial charge in [0.25, 0.3) is 0 Å². The van der Waals surface area contributed by atoms with Crippen LogP contribution in [0.4, 0.5) is 0 Å². The molecule has 0 saturated heterocycles. The first-order valence-corrected chi connectivity index (χ1v) is 30.6. The number of allylic oxidation sites excluding steroid dienone is 15. The molecule has 0 aromatic rings. The summed E-state index contributed by atoms with van der Waals surface area (Å²) in [6.07, 6.45) is 68.3. The van der Waals surface area contributed by atoms with Gasteiger partial charge >= 0.3 is 13.8 Å². The normalized spacial score (nSPS) is 14.5. The number of phosphoric acid groups is 1. The fourth-order valence-corrected chi connectivity index (χ4v) is 8.48. The smallest absolute Gasteiger partial charge is 0.456 e. The highest BCUT2D eigenvalue weighted by Gasteiger charge is 2.30. The molecule has 0 aliphatic rings. The number of esters is 1. The molecule has 0 aromatic heterocycles. The molecule has 2 N–H and O–H groups in total. The molecule has 3 atom stereocenters. The van der Waals surface area contributed by atoms with Crippen LogP contribution in [0.1, 0.15) is 233 Å². The van der Waals surface area contributed by atoms with Crippen molar-refractivity contribution >= 4 is 19.7 Å². The van der Waals surface area contributed by atoms with E-state index in [9.17, 15) is 19.0 Å². The predicted molar refractivity (Wildman–Crippen MR) is 309 cm³/mol. The van der Waals surface area contributed by atoms with Crippen LogP contribution in [0, 0.1) is 0 Å². The number of unbranched alkanes of at least 4 members (excludes halogenated alkanes) is 21. The number of nitrogens with one attached hydrogen (secondary N) is 1. The van der Waals surface area contributed by atoms with E-state index in [2.05, 4.69) is 111 Å². The largest absolute Gasteiger partial charge is 0.472 e. The van der Waals surface area contributed by atoms with Gasteiger partial charge in [0, 0.05) is 12.8 Å². The van der Waals surface area contributed by atoms with E-state index in [0.717, 1.165) is 128 Å². The number of hydrogen-bond acceptors (Lipinski definition) is 6. The molecule has 0 heterocycles. The first kappa shape index (κ1) is 68.9. The van der Waals surface area contributed by atoms with Gasteiger partial charge in [-0.2, -0.15) is 0 Å². The quantitative estimate of drug-likeness (QED) is 0.0205. The summed E-state index contributed by atoms with van der Waals surface area (Å²) in [5.41, 5.74) is 0. The third kappa shape index (κ3) is 51.8. The van der Waals surface area contributed by atoms with E-state index < -0.39 is 20.0 Å². The van der Waals surface area contributed by atoms with Gasteiger partial charge in [-0.15, -0.1) is 0 Å². The van der Waals surface area contributed by atoms with Gasteiger partial charge in [-0.3, -0.25) is 18.6 Å². The Morgan fingerprint density at radius 2 is 0.903 bits per heavy atom. The number of carbonyl (C=O) groups excluding carboxylic acids is 2. The van der Waals surface area contributed by atoms with Crippen LogP contribution in [0.3, 0.4) is 0 Å². The first-order valence-electron chi connectivity index (χ1n) is 29.1. The number of phosphoric ester groups is 1. The zero-order valence-electron chi connectivity index (χ0n) is 47.1. The minimum Gasteiger partial charge on any atom is -0.456 e. The molecule has 10 heteroatoms. The molecule has 1 amide bonds. The lowest BCUT2D eigenvalue weighted by Crippen LogP contribution is -2.47. The third-order valence-electron chi connectivity index (χ3n) is 12.3. The molecule has 72 heavy (non-hydrogen) atoms. The van der Waals surface area contributed by atoms with E-state index in [1.54, 1.807) is 0 Å². The van der Waals surface area contributed by atoms with Gasteiger partial charge in [0.1, 0.15) is 19.3 Å². The van der Waals surface area contributed by atoms with Crippen molar-refractivity contribution < 1.29 is 37.3 Å². The lowest BCUT2D eigenvalue weighted by molar-refractivity contribution is -0.870. The number of amides is 1. The van der Waals surface area contributed by atoms with Crippen molar-refractivity contribution in [1.29, 1.82) is 0 Å². The number of quaternary nitrogens is 1. The van der Waals surface area contributed by atoms with Crippen molar-refractivity contribution in [2.75, 3.05) is 40.9 Å². The van der Waals surface area contributed by atoms with Crippen molar-refractivity contribution in [2.45, 2.75) is 245 Å². The highest BCUT2D eigenvalue weighted by atomic mass is 31.2. The highest BCUT2D eigenvalue weighted by Crippen LogP contribution is 2.43. The van der Waals surface area contributed by atoms with E-state index in [4.69, 9.17) is 13.8 Å². The lowest BCUT2D eigenvalue weighted by atomic mass is 10.0. The molecular weight excluding hydrogens is 916 g/mol. The van der Waals surface area contributed by atoms with Gasteiger partial charge in [0.05, 0.1) is 33.8 Å². The highest BCUT2D eigenvalue weighted by molar-refractivity contribution is 7.47. The minimum atomic E-state index is -4.45. The molecule has 9 nitrogen and oxygen atoms in total. The predicted octanol–water partition coefficient (Wildman–Crippen LogP) is 17.6. The second kappa shape index (κ2) is 51.4. The zero-order chi connectivity index (χ0) is 52.9. The van der Waals surface area contributed by atoms with E-state index >= 15 is 0 Å². The monoisotopic (exact) mass is 1030 g/mol. The van der Waals surface area contributed by atoms with Gasteiger partial charge in [-0.05, 0) is 102 Å². The van der Waals surface area contributed by atoms with E-state index in [1.165, 1.54) is 64.2 Å². The van der Waals surface area contributed by atoms with Crippen LogP contribution in [0.2, 0.25) is 0 Å². The standard InChI is InChI=1S/C62H109N2O7P/c1-7-10-13-16-19-22-25-27-28-29-30-31-32-33-34-35-36-37-40-43-46-49-52-55-62(66)71-60(53-50-47-44-41-39-26-23-20-17-14-11-8-2)59(58-70-72(67,68)69-57-56-64(4,5)6)63-61(65)54-51-48-45-42-38-24-21-18-15-12-9-3/h10,13,18-19,21-22,27-28,30-31,33-34,36-37,50,53,59-60H,7-9,11-12,14-17,20,23-26,29,32,35,38-49,51-52,54-58H2,1-6H3,(H-,63,65,67,68)/p+1/b13-10-,21-18-,22-19-,28-27-,31-30-,34-33-,37-36-,53-50-. The Bertz CT molecular complexity index is 1560. The Balaban J connectivity index is 5.30. The maximum Gasteiger partial charge on any atom is 0.472 e. The molecule has 414 valence electrons. The summed E-state index contributed by atoms with van der Waals surface area (Å²) >= 11 is 0. The van der Waals surface area contributed by atoms with Gasteiger partial charge in [0.15, 0.2) is 0 Å². The Morgan fingerprint density at radius 3 is 1.39 bits per heavy atom. The number of hydrogen-bond donors (Lipinski definition) is 2. The summed E-state index contributed by atoms with van der Waals surface area (Å²) in [6.45, 7) is 6.81. The number of likely N-dealkylation sites (N-methyl/N-ethyl adjacent to an activating group) is 1. The Morgan fingerprint density at radius 1 is 0.500 bits per heavy atom. The summed E-state index contributed by atoms with van der Waals surface area (Å²) in [5.74, 6) is -0.552. The summed E-state index contributed by atoms with van der Waals surface area (Å²) in [6, 6.07) is -0.867. The summed E-state index contributed by atoms with van der Waals surface area (Å²) in [5, 5.41) is 3.03. The SMILES string of the molecule is CC/C=C\C/C=C\C/C=C\C/C=C\C/C=C\C/C=C\CCCCCCC(=O)OC(/C=C\CCCCCCCCCCCC)C(COP(=O)(O)OCC[N+](C)(C)C)NC(=O)CCCCCCC/C=C\CCCC. The number of carbonyl (C=O) groups is 2. The van der Waals surface area contributed by atoms with Crippen molar-refractivity contribution in [3.8, 4) is 0 Å². The molecule has 0 aliphatic heterocycles. The molecule has 0 fully saturated rings. The molecule has 0 bridgehead atoms. The van der Waals surface area contributed by atoms with Gasteiger partial charge in [-0.1, -0.05) is 215 Å². The second-order valence-corrected chi connectivity index (χ2v) is 21.9. The van der Waals surface area contributed by atoms with Crippen molar-refractivity contribution in [3.63, 3.8) is 0 Å². The summed E-state index contributed by atoms with van der Waals surface area (Å²) in [4.78, 5) is 37.5. The fraction of sp³-hybridized carbons (Fsp3) is 0.710. The van der Waals surface area contributed by atoms with Gasteiger partial charge in [-0.25, -0.2) is 4.57 Å². The minimum absolute atomic E-state index is 0.0298. The molecule has 0 rings (SSSR count). The van der Waals surface area contributed by atoms with Crippen LogP contribution in [-0.4, -0.2) is 74.3 Å². The number of rotatable bonds is 51. The van der Waals surface area contributed by atoms with Crippen molar-refractivity contribution in [2.24, 2.45) is 0 Å².